The highest BCUT2D eigenvalue weighted by atomic mass is 16.6. The van der Waals surface area contributed by atoms with Crippen LogP contribution in [0.15, 0.2) is 54.6 Å². The fraction of sp³-hybridized carbons (Fsp3) is 0.350. The number of benzene rings is 2. The first kappa shape index (κ1) is 18.1. The fourth-order valence-electron chi connectivity index (χ4n) is 3.24. The van der Waals surface area contributed by atoms with Gasteiger partial charge in [0.15, 0.2) is 0 Å². The normalized spacial score (nSPS) is 17.1. The molecule has 0 N–H and O–H groups in total. The van der Waals surface area contributed by atoms with E-state index >= 15 is 0 Å². The van der Waals surface area contributed by atoms with Crippen molar-refractivity contribution in [3.63, 3.8) is 0 Å². The van der Waals surface area contributed by atoms with Crippen molar-refractivity contribution in [3.8, 4) is 0 Å². The Labute approximate surface area is 152 Å². The minimum absolute atomic E-state index is 0.0596. The summed E-state index contributed by atoms with van der Waals surface area (Å²) in [6, 6.07) is 15.9. The van der Waals surface area contributed by atoms with Gasteiger partial charge in [0, 0.05) is 30.8 Å². The zero-order valence-corrected chi connectivity index (χ0v) is 14.5. The Kier molecular flexibility index (Phi) is 5.96. The standard InChI is InChI=1S/C20H22N2O4/c23-20(18-9-4-10-19(12-18)22(24)25)21-11-5-8-17(13-21)15-26-14-16-6-2-1-3-7-16/h1-4,6-7,9-10,12,17H,5,8,11,13-15H2. The fourth-order valence-corrected chi connectivity index (χ4v) is 3.24. The van der Waals surface area contributed by atoms with Gasteiger partial charge in [-0.15, -0.1) is 0 Å². The monoisotopic (exact) mass is 354 g/mol. The van der Waals surface area contributed by atoms with Crippen molar-refractivity contribution in [2.75, 3.05) is 19.7 Å². The van der Waals surface area contributed by atoms with Crippen LogP contribution in [-0.4, -0.2) is 35.4 Å². The minimum Gasteiger partial charge on any atom is -0.376 e. The Morgan fingerprint density at radius 2 is 2.00 bits per heavy atom. The third-order valence-electron chi connectivity index (χ3n) is 4.58. The third-order valence-corrected chi connectivity index (χ3v) is 4.58. The summed E-state index contributed by atoms with van der Waals surface area (Å²) in [5.41, 5.74) is 1.44. The Morgan fingerprint density at radius 1 is 1.19 bits per heavy atom. The van der Waals surface area contributed by atoms with Crippen LogP contribution in [0.4, 0.5) is 5.69 Å². The van der Waals surface area contributed by atoms with Crippen molar-refractivity contribution in [1.29, 1.82) is 0 Å². The molecule has 1 saturated heterocycles. The molecule has 6 heteroatoms. The molecule has 1 atom stereocenters. The third kappa shape index (κ3) is 4.67. The molecule has 2 aromatic carbocycles. The molecule has 1 unspecified atom stereocenters. The number of carbonyl (C=O) groups is 1. The van der Waals surface area contributed by atoms with Crippen molar-refractivity contribution < 1.29 is 14.5 Å². The van der Waals surface area contributed by atoms with Gasteiger partial charge in [0.1, 0.15) is 0 Å². The van der Waals surface area contributed by atoms with Crippen LogP contribution < -0.4 is 0 Å². The lowest BCUT2D eigenvalue weighted by molar-refractivity contribution is -0.384. The molecule has 1 amide bonds. The van der Waals surface area contributed by atoms with Crippen molar-refractivity contribution in [1.82, 2.24) is 4.90 Å². The number of non-ortho nitro benzene ring substituents is 1. The van der Waals surface area contributed by atoms with Gasteiger partial charge in [-0.05, 0) is 30.4 Å². The Balaban J connectivity index is 1.55. The molecule has 1 heterocycles. The highest BCUT2D eigenvalue weighted by Crippen LogP contribution is 2.21. The van der Waals surface area contributed by atoms with Crippen LogP contribution >= 0.6 is 0 Å². The van der Waals surface area contributed by atoms with Crippen LogP contribution in [0.2, 0.25) is 0 Å². The predicted octanol–water partition coefficient (Wildman–Crippen LogP) is 3.66. The van der Waals surface area contributed by atoms with Gasteiger partial charge in [0.05, 0.1) is 18.1 Å². The highest BCUT2D eigenvalue weighted by Gasteiger charge is 2.25. The number of hydrogen-bond acceptors (Lipinski definition) is 4. The van der Waals surface area contributed by atoms with Crippen molar-refractivity contribution >= 4 is 11.6 Å². The first-order chi connectivity index (χ1) is 12.6. The van der Waals surface area contributed by atoms with Gasteiger partial charge in [-0.1, -0.05) is 36.4 Å². The van der Waals surface area contributed by atoms with E-state index in [1.165, 1.54) is 12.1 Å². The number of piperidine rings is 1. The zero-order chi connectivity index (χ0) is 18.4. The van der Waals surface area contributed by atoms with Crippen LogP contribution in [0.1, 0.15) is 28.8 Å². The van der Waals surface area contributed by atoms with Crippen LogP contribution in [0.25, 0.3) is 0 Å². The van der Waals surface area contributed by atoms with Crippen LogP contribution in [-0.2, 0) is 11.3 Å². The van der Waals surface area contributed by atoms with E-state index in [-0.39, 0.29) is 17.5 Å². The number of hydrogen-bond donors (Lipinski definition) is 0. The van der Waals surface area contributed by atoms with Gasteiger partial charge in [0.2, 0.25) is 0 Å². The van der Waals surface area contributed by atoms with Gasteiger partial charge in [-0.25, -0.2) is 0 Å². The molecule has 26 heavy (non-hydrogen) atoms. The highest BCUT2D eigenvalue weighted by molar-refractivity contribution is 5.94. The van der Waals surface area contributed by atoms with E-state index in [1.807, 2.05) is 30.3 Å². The maximum Gasteiger partial charge on any atom is 0.270 e. The lowest BCUT2D eigenvalue weighted by atomic mass is 9.98. The molecular weight excluding hydrogens is 332 g/mol. The average molecular weight is 354 g/mol. The minimum atomic E-state index is -0.479. The summed E-state index contributed by atoms with van der Waals surface area (Å²) in [5, 5.41) is 10.9. The number of likely N-dealkylation sites (tertiary alicyclic amines) is 1. The van der Waals surface area contributed by atoms with E-state index < -0.39 is 4.92 Å². The molecule has 0 bridgehead atoms. The molecule has 3 rings (SSSR count). The summed E-state index contributed by atoms with van der Waals surface area (Å²) in [6.07, 6.45) is 1.94. The summed E-state index contributed by atoms with van der Waals surface area (Å²) >= 11 is 0. The molecule has 136 valence electrons. The number of nitro benzene ring substituents is 1. The van der Waals surface area contributed by atoms with E-state index in [0.717, 1.165) is 18.4 Å². The first-order valence-corrected chi connectivity index (χ1v) is 8.79. The van der Waals surface area contributed by atoms with E-state index in [1.54, 1.807) is 17.0 Å². The van der Waals surface area contributed by atoms with E-state index in [0.29, 0.717) is 31.9 Å². The second kappa shape index (κ2) is 8.58. The summed E-state index contributed by atoms with van der Waals surface area (Å²) in [5.74, 6) is 0.136. The molecule has 1 aliphatic heterocycles. The Bertz CT molecular complexity index is 763. The number of amides is 1. The molecular formula is C20H22N2O4. The van der Waals surface area contributed by atoms with Crippen molar-refractivity contribution in [2.45, 2.75) is 19.4 Å². The summed E-state index contributed by atoms with van der Waals surface area (Å²) in [4.78, 5) is 24.9. The van der Waals surface area contributed by atoms with Crippen LogP contribution in [0, 0.1) is 16.0 Å². The summed E-state index contributed by atoms with van der Waals surface area (Å²) in [7, 11) is 0. The number of ether oxygens (including phenoxy) is 1. The predicted molar refractivity (Wildman–Crippen MR) is 97.8 cm³/mol. The quantitative estimate of drug-likeness (QED) is 0.586. The van der Waals surface area contributed by atoms with Gasteiger partial charge < -0.3 is 9.64 Å². The second-order valence-corrected chi connectivity index (χ2v) is 6.57. The summed E-state index contributed by atoms with van der Waals surface area (Å²) in [6.45, 7) is 2.47. The summed E-state index contributed by atoms with van der Waals surface area (Å²) < 4.78 is 5.82. The van der Waals surface area contributed by atoms with E-state index in [4.69, 9.17) is 4.74 Å². The number of nitro groups is 1. The maximum absolute atomic E-state index is 12.7. The molecule has 0 spiro atoms. The number of rotatable bonds is 6. The lowest BCUT2D eigenvalue weighted by Crippen LogP contribution is -2.41. The van der Waals surface area contributed by atoms with Crippen LogP contribution in [0.3, 0.4) is 0 Å². The SMILES string of the molecule is O=C(c1cccc([N+](=O)[O-])c1)N1CCCC(COCc2ccccc2)C1. The Hall–Kier alpha value is -2.73. The number of carbonyl (C=O) groups excluding carboxylic acids is 1. The largest absolute Gasteiger partial charge is 0.376 e. The van der Waals surface area contributed by atoms with E-state index in [2.05, 4.69) is 0 Å². The maximum atomic E-state index is 12.7. The van der Waals surface area contributed by atoms with Crippen molar-refractivity contribution in [3.05, 3.63) is 75.8 Å². The molecule has 1 aliphatic rings. The molecule has 2 aromatic rings. The molecule has 0 aromatic heterocycles. The zero-order valence-electron chi connectivity index (χ0n) is 14.5. The first-order valence-electron chi connectivity index (χ1n) is 8.79. The van der Waals surface area contributed by atoms with Crippen LogP contribution in [0.5, 0.6) is 0 Å². The smallest absolute Gasteiger partial charge is 0.270 e. The lowest BCUT2D eigenvalue weighted by Gasteiger charge is -2.32. The van der Waals surface area contributed by atoms with E-state index in [9.17, 15) is 14.9 Å². The topological polar surface area (TPSA) is 72.7 Å². The molecule has 6 nitrogen and oxygen atoms in total. The van der Waals surface area contributed by atoms with Gasteiger partial charge >= 0.3 is 0 Å². The molecule has 0 radical (unpaired) electrons. The average Bonchev–Trinajstić information content (AvgIpc) is 2.68. The molecule has 0 saturated carbocycles. The van der Waals surface area contributed by atoms with Gasteiger partial charge in [-0.2, -0.15) is 0 Å². The van der Waals surface area contributed by atoms with Crippen molar-refractivity contribution in [2.24, 2.45) is 5.92 Å². The Morgan fingerprint density at radius 3 is 2.77 bits per heavy atom. The molecule has 0 aliphatic carbocycles. The number of nitrogens with zero attached hydrogens (tertiary/aromatic N) is 2. The van der Waals surface area contributed by atoms with Gasteiger partial charge in [-0.3, -0.25) is 14.9 Å². The molecule has 1 fully saturated rings. The second-order valence-electron chi connectivity index (χ2n) is 6.57. The van der Waals surface area contributed by atoms with Gasteiger partial charge in [0.25, 0.3) is 11.6 Å².